The third-order valence-corrected chi connectivity index (χ3v) is 8.86. The Labute approximate surface area is 285 Å². The van der Waals surface area contributed by atoms with Crippen molar-refractivity contribution in [3.63, 3.8) is 0 Å². The summed E-state index contributed by atoms with van der Waals surface area (Å²) in [6.45, 7) is 3.45. The largest absolute Gasteiger partial charge is 0.472 e. The molecule has 0 aromatic carbocycles. The third kappa shape index (κ3) is 18.3. The van der Waals surface area contributed by atoms with E-state index in [9.17, 15) is 50.0 Å². The molecule has 1 aliphatic carbocycles. The number of rotatable bonds is 25. The topological polar surface area (TPSA) is 226 Å². The van der Waals surface area contributed by atoms with Gasteiger partial charge >= 0.3 is 7.82 Å². The Balaban J connectivity index is 2.79. The number of carbonyl (C=O) groups is 1. The number of aliphatic hydroxyl groups excluding tert-OH is 7. The van der Waals surface area contributed by atoms with Gasteiger partial charge in [-0.1, -0.05) is 81.7 Å². The molecule has 1 saturated carbocycles. The molecule has 14 heteroatoms. The molecular formula is C34H60NO12P. The first-order valence-electron chi connectivity index (χ1n) is 17.2. The van der Waals surface area contributed by atoms with Gasteiger partial charge in [-0.3, -0.25) is 13.8 Å². The fourth-order valence-corrected chi connectivity index (χ4v) is 5.93. The van der Waals surface area contributed by atoms with Gasteiger partial charge in [0.15, 0.2) is 0 Å². The molecule has 1 rings (SSSR count). The summed E-state index contributed by atoms with van der Waals surface area (Å²) in [6, 6.07) is -1.27. The fraction of sp³-hybridized carbons (Fsp3) is 0.735. The van der Waals surface area contributed by atoms with Gasteiger partial charge in [0, 0.05) is 0 Å². The molecule has 48 heavy (non-hydrogen) atoms. The van der Waals surface area contributed by atoms with Crippen LogP contribution in [0.3, 0.4) is 0 Å². The number of carbonyl (C=O) groups excluding carboxylic acids is 1. The molecule has 0 aromatic heterocycles. The van der Waals surface area contributed by atoms with Gasteiger partial charge in [0.1, 0.15) is 36.6 Å². The minimum Gasteiger partial charge on any atom is -0.393 e. The number of nitrogens with one attached hydrogen (secondary N) is 1. The number of allylic oxidation sites excluding steroid dienone is 7. The maximum Gasteiger partial charge on any atom is 0.472 e. The number of unbranched alkanes of at least 4 members (excludes halogenated alkanes) is 6. The van der Waals surface area contributed by atoms with Crippen LogP contribution in [0.25, 0.3) is 0 Å². The molecular weight excluding hydrogens is 645 g/mol. The van der Waals surface area contributed by atoms with E-state index in [1.807, 2.05) is 6.08 Å². The standard InChI is InChI=1S/C34H60NO12P/c1-3-5-7-9-11-13-14-16-18-20-22-27(37)26(35-28(38)23-25(36)21-19-17-15-12-10-8-6-4-2)24-46-48(44,45)47-34-32(42)30(40)29(39)31(41)33(34)43/h5,7,10,12-14,20,22,25-27,29-34,36-37,39-43H,3-4,6,8-9,11,15-19,21,23-24H2,1-2H3,(H,35,38)(H,44,45)/b7-5+,12-10-,14-13+,22-20+. The van der Waals surface area contributed by atoms with Gasteiger partial charge in [-0.05, 0) is 57.8 Å². The first kappa shape index (κ1) is 44.3. The fourth-order valence-electron chi connectivity index (χ4n) is 4.96. The summed E-state index contributed by atoms with van der Waals surface area (Å²) in [5, 5.41) is 73.6. The summed E-state index contributed by atoms with van der Waals surface area (Å²) in [6.07, 6.45) is 11.3. The van der Waals surface area contributed by atoms with Crippen LogP contribution in [-0.4, -0.2) is 108 Å². The van der Waals surface area contributed by atoms with Gasteiger partial charge in [0.2, 0.25) is 5.91 Å². The average Bonchev–Trinajstić information content (AvgIpc) is 3.05. The smallest absolute Gasteiger partial charge is 0.393 e. The highest BCUT2D eigenvalue weighted by Crippen LogP contribution is 2.47. The van der Waals surface area contributed by atoms with E-state index < -0.39 is 75.2 Å². The number of hydrogen-bond acceptors (Lipinski definition) is 11. The minimum absolute atomic E-state index is 0.274. The third-order valence-electron chi connectivity index (χ3n) is 7.88. The maximum atomic E-state index is 12.8. The van der Waals surface area contributed by atoms with E-state index in [-0.39, 0.29) is 6.42 Å². The van der Waals surface area contributed by atoms with E-state index >= 15 is 0 Å². The molecule has 0 spiro atoms. The molecule has 0 bridgehead atoms. The molecule has 1 aliphatic rings. The molecule has 0 aliphatic heterocycles. The SMILES string of the molecule is CC/C=C/CC/C=C/CC/C=C/C(O)C(COP(=O)(O)OC1C(O)C(O)C(O)C(O)C1O)NC(=O)CC(O)CCCC/C=C\CCCC. The number of hydrogen-bond donors (Lipinski definition) is 9. The van der Waals surface area contributed by atoms with Gasteiger partial charge in [0.05, 0.1) is 31.3 Å². The van der Waals surface area contributed by atoms with Crippen molar-refractivity contribution in [2.24, 2.45) is 0 Å². The van der Waals surface area contributed by atoms with Crippen LogP contribution in [0.15, 0.2) is 48.6 Å². The molecule has 8 unspecified atom stereocenters. The van der Waals surface area contributed by atoms with E-state index in [2.05, 4.69) is 49.5 Å². The second kappa shape index (κ2) is 25.2. The normalized spacial score (nSPS) is 26.8. The zero-order valence-electron chi connectivity index (χ0n) is 28.4. The van der Waals surface area contributed by atoms with Gasteiger partial charge in [-0.2, -0.15) is 0 Å². The lowest BCUT2D eigenvalue weighted by Crippen LogP contribution is -2.64. The van der Waals surface area contributed by atoms with Crippen molar-refractivity contribution in [1.82, 2.24) is 5.32 Å². The molecule has 1 fully saturated rings. The highest BCUT2D eigenvalue weighted by Gasteiger charge is 2.51. The van der Waals surface area contributed by atoms with Crippen LogP contribution >= 0.6 is 7.82 Å². The van der Waals surface area contributed by atoms with Gasteiger partial charge in [0.25, 0.3) is 0 Å². The van der Waals surface area contributed by atoms with Crippen LogP contribution in [0.1, 0.15) is 97.3 Å². The summed E-state index contributed by atoms with van der Waals surface area (Å²) in [4.78, 5) is 23.1. The minimum atomic E-state index is -5.14. The van der Waals surface area contributed by atoms with Crippen molar-refractivity contribution in [1.29, 1.82) is 0 Å². The first-order valence-corrected chi connectivity index (χ1v) is 18.7. The Morgan fingerprint density at radius 3 is 1.85 bits per heavy atom. The van der Waals surface area contributed by atoms with Crippen LogP contribution in [0, 0.1) is 0 Å². The van der Waals surface area contributed by atoms with Crippen molar-refractivity contribution < 1.29 is 59.0 Å². The van der Waals surface area contributed by atoms with Crippen LogP contribution in [0.5, 0.6) is 0 Å². The lowest BCUT2D eigenvalue weighted by Gasteiger charge is -2.41. The molecule has 0 saturated heterocycles. The molecule has 9 N–H and O–H groups in total. The lowest BCUT2D eigenvalue weighted by molar-refractivity contribution is -0.220. The van der Waals surface area contributed by atoms with Crippen molar-refractivity contribution >= 4 is 13.7 Å². The van der Waals surface area contributed by atoms with Crippen LogP contribution in [0.4, 0.5) is 0 Å². The second-order valence-corrected chi connectivity index (χ2v) is 13.5. The van der Waals surface area contributed by atoms with Crippen molar-refractivity contribution in [3.05, 3.63) is 48.6 Å². The molecule has 0 aromatic rings. The Kier molecular flexibility index (Phi) is 23.3. The summed E-state index contributed by atoms with van der Waals surface area (Å²) in [7, 11) is -5.14. The highest BCUT2D eigenvalue weighted by atomic mass is 31.2. The number of phosphoric ester groups is 1. The Hall–Kier alpha value is -1.74. The van der Waals surface area contributed by atoms with Gasteiger partial charge in [-0.25, -0.2) is 4.57 Å². The first-order chi connectivity index (χ1) is 22.8. The van der Waals surface area contributed by atoms with E-state index in [1.165, 1.54) is 6.08 Å². The van der Waals surface area contributed by atoms with Crippen LogP contribution in [0.2, 0.25) is 0 Å². The van der Waals surface area contributed by atoms with Gasteiger partial charge in [-0.15, -0.1) is 0 Å². The van der Waals surface area contributed by atoms with E-state index in [0.717, 1.165) is 51.4 Å². The lowest BCUT2D eigenvalue weighted by atomic mass is 9.85. The van der Waals surface area contributed by atoms with Crippen molar-refractivity contribution in [3.8, 4) is 0 Å². The predicted molar refractivity (Wildman–Crippen MR) is 183 cm³/mol. The van der Waals surface area contributed by atoms with Crippen molar-refractivity contribution in [2.45, 2.75) is 152 Å². The molecule has 1 amide bonds. The summed E-state index contributed by atoms with van der Waals surface area (Å²) in [5.41, 5.74) is 0. The van der Waals surface area contributed by atoms with Crippen molar-refractivity contribution in [2.75, 3.05) is 6.61 Å². The Morgan fingerprint density at radius 1 is 0.750 bits per heavy atom. The quantitative estimate of drug-likeness (QED) is 0.0380. The van der Waals surface area contributed by atoms with E-state index in [4.69, 9.17) is 9.05 Å². The van der Waals surface area contributed by atoms with Crippen LogP contribution in [-0.2, 0) is 18.4 Å². The van der Waals surface area contributed by atoms with E-state index in [1.54, 1.807) is 6.08 Å². The zero-order chi connectivity index (χ0) is 36.0. The Bertz CT molecular complexity index is 1020. The highest BCUT2D eigenvalue weighted by molar-refractivity contribution is 7.47. The maximum absolute atomic E-state index is 12.8. The zero-order valence-corrected chi connectivity index (χ0v) is 29.3. The molecule has 278 valence electrons. The Morgan fingerprint density at radius 2 is 1.27 bits per heavy atom. The summed E-state index contributed by atoms with van der Waals surface area (Å²) >= 11 is 0. The predicted octanol–water partition coefficient (Wildman–Crippen LogP) is 2.85. The number of phosphoric acid groups is 1. The number of amides is 1. The van der Waals surface area contributed by atoms with E-state index in [0.29, 0.717) is 25.7 Å². The summed E-state index contributed by atoms with van der Waals surface area (Å²) < 4.78 is 22.6. The molecule has 8 atom stereocenters. The second-order valence-electron chi connectivity index (χ2n) is 12.1. The molecule has 0 heterocycles. The summed E-state index contributed by atoms with van der Waals surface area (Å²) in [5.74, 6) is -0.630. The monoisotopic (exact) mass is 705 g/mol. The molecule has 13 nitrogen and oxygen atoms in total. The van der Waals surface area contributed by atoms with Crippen LogP contribution < -0.4 is 5.32 Å². The molecule has 0 radical (unpaired) electrons. The van der Waals surface area contributed by atoms with Gasteiger partial charge < -0.3 is 46.0 Å². The average molecular weight is 706 g/mol. The number of aliphatic hydroxyl groups is 7.